The van der Waals surface area contributed by atoms with Gasteiger partial charge in [-0.1, -0.05) is 23.2 Å². The van der Waals surface area contributed by atoms with Crippen LogP contribution in [-0.2, 0) is 4.79 Å². The van der Waals surface area contributed by atoms with E-state index in [9.17, 15) is 4.79 Å². The van der Waals surface area contributed by atoms with E-state index in [1.807, 2.05) is 0 Å². The average molecular weight is 308 g/mol. The van der Waals surface area contributed by atoms with Crippen molar-refractivity contribution in [3.8, 4) is 5.88 Å². The summed E-state index contributed by atoms with van der Waals surface area (Å²) in [5.41, 5.74) is 2.09. The number of carbonyl (C=O) groups excluding carboxylic acids is 1. The molecule has 3 nitrogen and oxygen atoms in total. The molecule has 0 N–H and O–H groups in total. The summed E-state index contributed by atoms with van der Waals surface area (Å²) in [5.74, 6) is 0.497. The number of rotatable bonds is 4. The molecule has 0 atom stereocenters. The van der Waals surface area contributed by atoms with Crippen molar-refractivity contribution in [3.63, 3.8) is 0 Å². The lowest BCUT2D eigenvalue weighted by Gasteiger charge is -2.10. The van der Waals surface area contributed by atoms with Crippen molar-refractivity contribution in [1.82, 2.24) is 4.98 Å². The Morgan fingerprint density at radius 3 is 2.65 bits per heavy atom. The molecule has 0 fully saturated rings. The second-order valence-electron chi connectivity index (χ2n) is 3.93. The molecule has 5 heteroatoms. The first-order valence-corrected chi connectivity index (χ1v) is 6.52. The monoisotopic (exact) mass is 307 g/mol. The van der Waals surface area contributed by atoms with Gasteiger partial charge in [0.1, 0.15) is 6.29 Å². The largest absolute Gasteiger partial charge is 0.481 e. The minimum atomic E-state index is 0.497. The predicted molar refractivity (Wildman–Crippen MR) is 80.4 cm³/mol. The molecule has 20 heavy (non-hydrogen) atoms. The Balaban J connectivity index is 2.53. The maximum Gasteiger partial charge on any atom is 0.212 e. The lowest BCUT2D eigenvalue weighted by molar-refractivity contribution is -0.104. The molecule has 0 aliphatic heterocycles. The molecule has 1 aromatic heterocycles. The molecule has 0 unspecified atom stereocenters. The van der Waals surface area contributed by atoms with Crippen molar-refractivity contribution in [2.45, 2.75) is 0 Å². The fraction of sp³-hybridized carbons (Fsp3) is 0.0667. The third-order valence-corrected chi connectivity index (χ3v) is 3.27. The van der Waals surface area contributed by atoms with Crippen molar-refractivity contribution < 1.29 is 9.53 Å². The zero-order chi connectivity index (χ0) is 14.5. The Hall–Kier alpha value is -1.84. The molecule has 1 heterocycles. The number of benzene rings is 1. The van der Waals surface area contributed by atoms with E-state index in [0.717, 1.165) is 5.56 Å². The van der Waals surface area contributed by atoms with Crippen LogP contribution in [-0.4, -0.2) is 18.4 Å². The minimum absolute atomic E-state index is 0.497. The number of aldehydes is 1. The summed E-state index contributed by atoms with van der Waals surface area (Å²) in [7, 11) is 1.54. The van der Waals surface area contributed by atoms with Gasteiger partial charge in [-0.15, -0.1) is 0 Å². The topological polar surface area (TPSA) is 39.2 Å². The number of ether oxygens (including phenoxy) is 1. The molecule has 0 amide bonds. The van der Waals surface area contributed by atoms with Crippen molar-refractivity contribution in [3.05, 3.63) is 63.8 Å². The number of methoxy groups -OCH3 is 1. The molecule has 2 aromatic rings. The van der Waals surface area contributed by atoms with Gasteiger partial charge in [0.05, 0.1) is 7.11 Å². The van der Waals surface area contributed by atoms with Crippen LogP contribution < -0.4 is 4.74 Å². The molecule has 0 saturated heterocycles. The standard InChI is InChI=1S/C15H11Cl2NO2/c1-20-15-5-2-10(9-18-15)12(6-7-19)13-8-11(16)3-4-14(13)17/h2-9H,1H3/b12-6-. The maximum absolute atomic E-state index is 10.9. The van der Waals surface area contributed by atoms with E-state index >= 15 is 0 Å². The van der Waals surface area contributed by atoms with Gasteiger partial charge in [0.15, 0.2) is 0 Å². The van der Waals surface area contributed by atoms with Gasteiger partial charge < -0.3 is 4.74 Å². The van der Waals surface area contributed by atoms with Crippen molar-refractivity contribution in [2.24, 2.45) is 0 Å². The third-order valence-electron chi connectivity index (χ3n) is 2.71. The SMILES string of the molecule is COc1ccc(/C(=C/C=O)c2cc(Cl)ccc2Cl)cn1. The molecule has 0 saturated carbocycles. The van der Waals surface area contributed by atoms with E-state index in [1.165, 1.54) is 13.2 Å². The lowest BCUT2D eigenvalue weighted by Crippen LogP contribution is -1.93. The van der Waals surface area contributed by atoms with E-state index in [4.69, 9.17) is 27.9 Å². The van der Waals surface area contributed by atoms with E-state index in [0.29, 0.717) is 33.3 Å². The quantitative estimate of drug-likeness (QED) is 0.632. The Bertz CT molecular complexity index is 651. The molecule has 0 spiro atoms. The van der Waals surface area contributed by atoms with Crippen LogP contribution in [0.2, 0.25) is 10.0 Å². The first-order valence-electron chi connectivity index (χ1n) is 5.77. The van der Waals surface area contributed by atoms with Gasteiger partial charge in [0.2, 0.25) is 5.88 Å². The number of hydrogen-bond acceptors (Lipinski definition) is 3. The lowest BCUT2D eigenvalue weighted by atomic mass is 9.99. The van der Waals surface area contributed by atoms with Gasteiger partial charge in [-0.3, -0.25) is 4.79 Å². The van der Waals surface area contributed by atoms with Crippen molar-refractivity contribution >= 4 is 35.1 Å². The van der Waals surface area contributed by atoms with Crippen LogP contribution in [0, 0.1) is 0 Å². The van der Waals surface area contributed by atoms with Crippen LogP contribution >= 0.6 is 23.2 Å². The molecule has 0 aliphatic carbocycles. The zero-order valence-electron chi connectivity index (χ0n) is 10.6. The van der Waals surface area contributed by atoms with Crippen LogP contribution in [0.1, 0.15) is 11.1 Å². The molecule has 0 aliphatic rings. The van der Waals surface area contributed by atoms with Crippen LogP contribution in [0.3, 0.4) is 0 Å². The number of nitrogens with zero attached hydrogens (tertiary/aromatic N) is 1. The Morgan fingerprint density at radius 1 is 1.25 bits per heavy atom. The third kappa shape index (κ3) is 3.18. The van der Waals surface area contributed by atoms with Crippen molar-refractivity contribution in [2.75, 3.05) is 7.11 Å². The summed E-state index contributed by atoms with van der Waals surface area (Å²) in [6, 6.07) is 8.61. The number of pyridine rings is 1. The maximum atomic E-state index is 10.9. The highest BCUT2D eigenvalue weighted by Crippen LogP contribution is 2.31. The van der Waals surface area contributed by atoms with Gasteiger partial charge in [0, 0.05) is 33.4 Å². The first-order chi connectivity index (χ1) is 9.65. The summed E-state index contributed by atoms with van der Waals surface area (Å²) in [6.45, 7) is 0. The number of carbonyl (C=O) groups is 1. The molecule has 0 bridgehead atoms. The zero-order valence-corrected chi connectivity index (χ0v) is 12.2. The number of halogens is 2. The number of aromatic nitrogens is 1. The van der Waals surface area contributed by atoms with E-state index < -0.39 is 0 Å². The van der Waals surface area contributed by atoms with Gasteiger partial charge in [-0.05, 0) is 35.9 Å². The normalized spacial score (nSPS) is 11.2. The second kappa shape index (κ2) is 6.55. The Morgan fingerprint density at radius 2 is 2.05 bits per heavy atom. The Labute approximate surface area is 126 Å². The predicted octanol–water partition coefficient (Wildman–Crippen LogP) is 4.03. The molecular weight excluding hydrogens is 297 g/mol. The van der Waals surface area contributed by atoms with E-state index in [-0.39, 0.29) is 0 Å². The molecule has 102 valence electrons. The van der Waals surface area contributed by atoms with Crippen LogP contribution in [0.15, 0.2) is 42.6 Å². The van der Waals surface area contributed by atoms with Crippen LogP contribution in [0.4, 0.5) is 0 Å². The number of hydrogen-bond donors (Lipinski definition) is 0. The molecular formula is C15H11Cl2NO2. The van der Waals surface area contributed by atoms with Crippen LogP contribution in [0.25, 0.3) is 5.57 Å². The summed E-state index contributed by atoms with van der Waals surface area (Å²) in [5, 5.41) is 1.06. The van der Waals surface area contributed by atoms with Crippen molar-refractivity contribution in [1.29, 1.82) is 0 Å². The number of allylic oxidation sites excluding steroid dienone is 1. The molecule has 0 radical (unpaired) electrons. The smallest absolute Gasteiger partial charge is 0.212 e. The minimum Gasteiger partial charge on any atom is -0.481 e. The highest BCUT2D eigenvalue weighted by Gasteiger charge is 2.10. The highest BCUT2D eigenvalue weighted by atomic mass is 35.5. The summed E-state index contributed by atoms with van der Waals surface area (Å²) >= 11 is 12.2. The fourth-order valence-electron chi connectivity index (χ4n) is 1.77. The van der Waals surface area contributed by atoms with E-state index in [1.54, 1.807) is 36.5 Å². The van der Waals surface area contributed by atoms with Gasteiger partial charge in [-0.2, -0.15) is 0 Å². The summed E-state index contributed by atoms with van der Waals surface area (Å²) in [6.07, 6.45) is 3.75. The molecule has 2 rings (SSSR count). The Kier molecular flexibility index (Phi) is 4.77. The first kappa shape index (κ1) is 14.6. The van der Waals surface area contributed by atoms with E-state index in [2.05, 4.69) is 4.98 Å². The van der Waals surface area contributed by atoms with Gasteiger partial charge in [0.25, 0.3) is 0 Å². The summed E-state index contributed by atoms with van der Waals surface area (Å²) in [4.78, 5) is 15.0. The molecule has 1 aromatic carbocycles. The second-order valence-corrected chi connectivity index (χ2v) is 4.77. The van der Waals surface area contributed by atoms with Crippen LogP contribution in [0.5, 0.6) is 5.88 Å². The highest BCUT2D eigenvalue weighted by molar-refractivity contribution is 6.34. The van der Waals surface area contributed by atoms with Gasteiger partial charge in [-0.25, -0.2) is 4.98 Å². The summed E-state index contributed by atoms with van der Waals surface area (Å²) < 4.78 is 5.01. The average Bonchev–Trinajstić information content (AvgIpc) is 2.48. The fourth-order valence-corrected chi connectivity index (χ4v) is 2.17. The van der Waals surface area contributed by atoms with Gasteiger partial charge >= 0.3 is 0 Å².